The van der Waals surface area contributed by atoms with Gasteiger partial charge in [-0.15, -0.1) is 0 Å². The van der Waals surface area contributed by atoms with Crippen LogP contribution in [-0.4, -0.2) is 49.6 Å². The number of nitrogens with one attached hydrogen (secondary N) is 1. The van der Waals surface area contributed by atoms with Crippen molar-refractivity contribution in [2.75, 3.05) is 26.1 Å². The Morgan fingerprint density at radius 1 is 0.966 bits per heavy atom. The second kappa shape index (κ2) is 9.85. The molecule has 2 aromatic rings. The fraction of sp³-hybridized carbons (Fsp3) is 0.167. The van der Waals surface area contributed by atoms with Crippen molar-refractivity contribution in [1.29, 1.82) is 0 Å². The predicted octanol–water partition coefficient (Wildman–Crippen LogP) is 2.76. The van der Waals surface area contributed by atoms with Crippen molar-refractivity contribution in [3.63, 3.8) is 0 Å². The van der Waals surface area contributed by atoms with Crippen molar-refractivity contribution >= 4 is 52.7 Å². The van der Waals surface area contributed by atoms with E-state index in [9.17, 15) is 19.2 Å². The van der Waals surface area contributed by atoms with Crippen LogP contribution < -0.4 is 5.32 Å². The number of nitrogens with zero attached hydrogens (tertiary/aromatic N) is 1. The Morgan fingerprint density at radius 2 is 1.66 bits per heavy atom. The zero-order chi connectivity index (χ0) is 21.6. The molecule has 1 aromatic heterocycles. The van der Waals surface area contributed by atoms with Gasteiger partial charge in [-0.2, -0.15) is 0 Å². The summed E-state index contributed by atoms with van der Waals surface area (Å²) in [6, 6.07) is 5.11. The van der Waals surface area contributed by atoms with Gasteiger partial charge in [0.25, 0.3) is 5.91 Å². The summed E-state index contributed by atoms with van der Waals surface area (Å²) in [7, 11) is 2.35. The largest absolute Gasteiger partial charge is 0.465 e. The van der Waals surface area contributed by atoms with Gasteiger partial charge in [0, 0.05) is 6.20 Å². The van der Waals surface area contributed by atoms with E-state index in [1.165, 1.54) is 31.4 Å². The lowest BCUT2D eigenvalue weighted by Crippen LogP contribution is -2.22. The zero-order valence-electron chi connectivity index (χ0n) is 15.2. The van der Waals surface area contributed by atoms with Gasteiger partial charge in [-0.1, -0.05) is 23.2 Å². The summed E-state index contributed by atoms with van der Waals surface area (Å²) in [5.41, 5.74) is 0.0648. The monoisotopic (exact) mass is 440 g/mol. The predicted molar refractivity (Wildman–Crippen MR) is 102 cm³/mol. The standard InChI is InChI=1S/C18H14Cl2N2O7/c1-27-16(24)9-3-4-11(18(26)28-2)13(6-9)22-14(23)8-29-17(25)10-5-12(19)15(20)21-7-10/h3-7H,8H2,1-2H3,(H,22,23). The van der Waals surface area contributed by atoms with Crippen LogP contribution in [0.2, 0.25) is 10.2 Å². The van der Waals surface area contributed by atoms with Gasteiger partial charge in [0.15, 0.2) is 6.61 Å². The summed E-state index contributed by atoms with van der Waals surface area (Å²) >= 11 is 11.4. The Morgan fingerprint density at radius 3 is 2.28 bits per heavy atom. The number of aromatic nitrogens is 1. The summed E-state index contributed by atoms with van der Waals surface area (Å²) in [6.07, 6.45) is 1.14. The molecule has 0 bridgehead atoms. The quantitative estimate of drug-likeness (QED) is 0.413. The van der Waals surface area contributed by atoms with Gasteiger partial charge in [-0.05, 0) is 24.3 Å². The normalized spacial score (nSPS) is 10.1. The van der Waals surface area contributed by atoms with Crippen LogP contribution in [0.1, 0.15) is 31.1 Å². The Bertz CT molecular complexity index is 979. The van der Waals surface area contributed by atoms with Crippen molar-refractivity contribution in [2.24, 2.45) is 0 Å². The van der Waals surface area contributed by atoms with E-state index in [-0.39, 0.29) is 32.6 Å². The number of esters is 3. The fourth-order valence-corrected chi connectivity index (χ4v) is 2.38. The molecule has 29 heavy (non-hydrogen) atoms. The highest BCUT2D eigenvalue weighted by Crippen LogP contribution is 2.21. The highest BCUT2D eigenvalue weighted by Gasteiger charge is 2.18. The average Bonchev–Trinajstić information content (AvgIpc) is 2.72. The van der Waals surface area contributed by atoms with Gasteiger partial charge in [0.1, 0.15) is 5.15 Å². The molecule has 2 rings (SSSR count). The zero-order valence-corrected chi connectivity index (χ0v) is 16.7. The van der Waals surface area contributed by atoms with E-state index in [1.54, 1.807) is 0 Å². The van der Waals surface area contributed by atoms with Crippen molar-refractivity contribution in [2.45, 2.75) is 0 Å². The molecule has 0 aliphatic heterocycles. The average molecular weight is 441 g/mol. The molecule has 0 spiro atoms. The molecular weight excluding hydrogens is 427 g/mol. The first kappa shape index (κ1) is 22.1. The number of hydrogen-bond acceptors (Lipinski definition) is 8. The molecule has 152 valence electrons. The van der Waals surface area contributed by atoms with E-state index in [0.717, 1.165) is 13.3 Å². The van der Waals surface area contributed by atoms with E-state index < -0.39 is 30.4 Å². The maximum Gasteiger partial charge on any atom is 0.340 e. The number of hydrogen-bond donors (Lipinski definition) is 1. The van der Waals surface area contributed by atoms with Crippen LogP contribution in [-0.2, 0) is 19.0 Å². The Hall–Kier alpha value is -3.17. The van der Waals surface area contributed by atoms with Crippen LogP contribution in [0.3, 0.4) is 0 Å². The number of anilines is 1. The first-order valence-corrected chi connectivity index (χ1v) is 8.61. The molecule has 1 N–H and O–H groups in total. The summed E-state index contributed by atoms with van der Waals surface area (Å²) in [6.45, 7) is -0.678. The lowest BCUT2D eigenvalue weighted by molar-refractivity contribution is -0.119. The smallest absolute Gasteiger partial charge is 0.340 e. The van der Waals surface area contributed by atoms with Gasteiger partial charge >= 0.3 is 17.9 Å². The molecule has 0 aliphatic carbocycles. The van der Waals surface area contributed by atoms with E-state index >= 15 is 0 Å². The number of amides is 1. The summed E-state index contributed by atoms with van der Waals surface area (Å²) < 4.78 is 14.1. The molecule has 1 amide bonds. The molecule has 0 saturated carbocycles. The number of ether oxygens (including phenoxy) is 3. The van der Waals surface area contributed by atoms with Crippen LogP contribution in [0.5, 0.6) is 0 Å². The highest BCUT2D eigenvalue weighted by molar-refractivity contribution is 6.41. The van der Waals surface area contributed by atoms with E-state index in [1.807, 2.05) is 0 Å². The van der Waals surface area contributed by atoms with Crippen molar-refractivity contribution < 1.29 is 33.4 Å². The molecule has 0 atom stereocenters. The first-order valence-electron chi connectivity index (χ1n) is 7.85. The minimum atomic E-state index is -0.859. The minimum Gasteiger partial charge on any atom is -0.465 e. The molecule has 11 heteroatoms. The molecule has 1 heterocycles. The molecule has 0 fully saturated rings. The lowest BCUT2D eigenvalue weighted by atomic mass is 10.1. The number of carbonyl (C=O) groups is 4. The Labute approximate surface area is 174 Å². The molecule has 0 saturated heterocycles. The number of rotatable bonds is 6. The molecule has 1 aromatic carbocycles. The van der Waals surface area contributed by atoms with Gasteiger partial charge in [0.2, 0.25) is 0 Å². The Kier molecular flexibility index (Phi) is 7.52. The number of halogens is 2. The first-order chi connectivity index (χ1) is 13.8. The number of pyridine rings is 1. The van der Waals surface area contributed by atoms with Crippen LogP contribution >= 0.6 is 23.2 Å². The van der Waals surface area contributed by atoms with Crippen LogP contribution in [0.25, 0.3) is 0 Å². The van der Waals surface area contributed by atoms with E-state index in [4.69, 9.17) is 27.9 Å². The lowest BCUT2D eigenvalue weighted by Gasteiger charge is -2.11. The maximum atomic E-state index is 12.2. The number of methoxy groups -OCH3 is 2. The second-order valence-corrected chi connectivity index (χ2v) is 6.13. The Balaban J connectivity index is 2.12. The maximum absolute atomic E-state index is 12.2. The topological polar surface area (TPSA) is 121 Å². The number of carbonyl (C=O) groups excluding carboxylic acids is 4. The molecule has 0 unspecified atom stereocenters. The van der Waals surface area contributed by atoms with Gasteiger partial charge < -0.3 is 19.5 Å². The number of benzene rings is 1. The van der Waals surface area contributed by atoms with Gasteiger partial charge in [0.05, 0.1) is 41.6 Å². The van der Waals surface area contributed by atoms with Crippen LogP contribution in [0, 0.1) is 0 Å². The van der Waals surface area contributed by atoms with Crippen molar-refractivity contribution in [1.82, 2.24) is 4.98 Å². The van der Waals surface area contributed by atoms with E-state index in [0.29, 0.717) is 0 Å². The SMILES string of the molecule is COC(=O)c1ccc(C(=O)OC)c(NC(=O)COC(=O)c2cnc(Cl)c(Cl)c2)c1. The molecule has 0 aliphatic rings. The molecule has 9 nitrogen and oxygen atoms in total. The minimum absolute atomic E-state index is 0.00450. The second-order valence-electron chi connectivity index (χ2n) is 5.36. The van der Waals surface area contributed by atoms with Crippen LogP contribution in [0.4, 0.5) is 5.69 Å². The van der Waals surface area contributed by atoms with Gasteiger partial charge in [-0.3, -0.25) is 4.79 Å². The summed E-state index contributed by atoms with van der Waals surface area (Å²) in [5.74, 6) is -3.03. The van der Waals surface area contributed by atoms with Crippen LogP contribution in [0.15, 0.2) is 30.5 Å². The van der Waals surface area contributed by atoms with E-state index in [2.05, 4.69) is 19.8 Å². The van der Waals surface area contributed by atoms with Gasteiger partial charge in [-0.25, -0.2) is 19.4 Å². The van der Waals surface area contributed by atoms with Crippen molar-refractivity contribution in [3.05, 3.63) is 57.3 Å². The summed E-state index contributed by atoms with van der Waals surface area (Å²) in [5, 5.41) is 2.45. The fourth-order valence-electron chi connectivity index (χ4n) is 2.11. The third kappa shape index (κ3) is 5.66. The highest BCUT2D eigenvalue weighted by atomic mass is 35.5. The molecule has 0 radical (unpaired) electrons. The summed E-state index contributed by atoms with van der Waals surface area (Å²) in [4.78, 5) is 51.4. The molecular formula is C18H14Cl2N2O7. The van der Waals surface area contributed by atoms with Crippen molar-refractivity contribution in [3.8, 4) is 0 Å². The third-order valence-electron chi connectivity index (χ3n) is 3.49. The third-order valence-corrected chi connectivity index (χ3v) is 4.17.